The first kappa shape index (κ1) is 14.0. The van der Waals surface area contributed by atoms with Crippen LogP contribution in [0.5, 0.6) is 0 Å². The van der Waals surface area contributed by atoms with Gasteiger partial charge in [0.25, 0.3) is 5.92 Å². The fraction of sp³-hybridized carbons (Fsp3) is 0.929. The zero-order valence-corrected chi connectivity index (χ0v) is 12.2. The summed E-state index contributed by atoms with van der Waals surface area (Å²) in [6.45, 7) is 7.26. The number of rotatable bonds is 0. The third kappa shape index (κ3) is 2.08. The Hall–Kier alpha value is -0.910. The van der Waals surface area contributed by atoms with Gasteiger partial charge in [0.1, 0.15) is 5.60 Å². The number of hydrogen-bond acceptors (Lipinski definition) is 3. The summed E-state index contributed by atoms with van der Waals surface area (Å²) in [6.07, 6.45) is -0.475. The Morgan fingerprint density at radius 1 is 1.25 bits per heavy atom. The number of hydrogen-bond donors (Lipinski definition) is 1. The fourth-order valence-corrected chi connectivity index (χ4v) is 4.01. The van der Waals surface area contributed by atoms with E-state index in [-0.39, 0.29) is 18.4 Å². The Balaban J connectivity index is 1.66. The summed E-state index contributed by atoms with van der Waals surface area (Å²) >= 11 is 0. The maximum Gasteiger partial charge on any atom is 0.410 e. The smallest absolute Gasteiger partial charge is 0.410 e. The van der Waals surface area contributed by atoms with Gasteiger partial charge in [-0.05, 0) is 33.2 Å². The van der Waals surface area contributed by atoms with Gasteiger partial charge < -0.3 is 15.0 Å². The van der Waals surface area contributed by atoms with E-state index in [2.05, 4.69) is 5.32 Å². The van der Waals surface area contributed by atoms with Crippen molar-refractivity contribution in [3.05, 3.63) is 0 Å². The van der Waals surface area contributed by atoms with E-state index < -0.39 is 22.9 Å². The van der Waals surface area contributed by atoms with E-state index in [1.165, 1.54) is 0 Å². The molecule has 2 saturated heterocycles. The van der Waals surface area contributed by atoms with Crippen LogP contribution < -0.4 is 5.32 Å². The highest BCUT2D eigenvalue weighted by molar-refractivity contribution is 5.69. The number of carbonyl (C=O) groups is 1. The summed E-state index contributed by atoms with van der Waals surface area (Å²) in [6, 6.07) is 0. The number of halogens is 2. The lowest BCUT2D eigenvalue weighted by Gasteiger charge is -2.50. The third-order valence-electron chi connectivity index (χ3n) is 4.79. The highest BCUT2D eigenvalue weighted by atomic mass is 19.3. The van der Waals surface area contributed by atoms with E-state index in [4.69, 9.17) is 4.74 Å². The molecule has 1 saturated carbocycles. The van der Waals surface area contributed by atoms with Gasteiger partial charge in [-0.15, -0.1) is 0 Å². The Labute approximate surface area is 117 Å². The molecule has 0 aromatic heterocycles. The van der Waals surface area contributed by atoms with Gasteiger partial charge in [0.15, 0.2) is 0 Å². The molecule has 0 aromatic carbocycles. The van der Waals surface area contributed by atoms with Crippen LogP contribution in [0.3, 0.4) is 0 Å². The molecule has 1 N–H and O–H groups in total. The van der Waals surface area contributed by atoms with Crippen molar-refractivity contribution in [2.24, 2.45) is 17.3 Å². The minimum absolute atomic E-state index is 0.0174. The van der Waals surface area contributed by atoms with Gasteiger partial charge in [0, 0.05) is 37.4 Å². The predicted molar refractivity (Wildman–Crippen MR) is 69.7 cm³/mol. The molecule has 2 unspecified atom stereocenters. The van der Waals surface area contributed by atoms with Gasteiger partial charge in [0.05, 0.1) is 0 Å². The van der Waals surface area contributed by atoms with Crippen LogP contribution in [0.15, 0.2) is 0 Å². The van der Waals surface area contributed by atoms with Crippen molar-refractivity contribution in [1.82, 2.24) is 10.2 Å². The average Bonchev–Trinajstić information content (AvgIpc) is 2.75. The van der Waals surface area contributed by atoms with Crippen LogP contribution in [0.1, 0.15) is 27.2 Å². The molecule has 2 aliphatic heterocycles. The van der Waals surface area contributed by atoms with Crippen molar-refractivity contribution in [1.29, 1.82) is 0 Å². The standard InChI is InChI=1S/C14H22F2N2O2/c1-12(2,3)20-11(19)18-7-13(8-18)6-14(15,16)10-5-17-4-9(10)13/h9-10,17H,4-8H2,1-3H3. The SMILES string of the molecule is CC(C)(C)OC(=O)N1CC2(C1)CC(F)(F)C1CNCC12. The Morgan fingerprint density at radius 3 is 2.45 bits per heavy atom. The second kappa shape index (κ2) is 4.06. The molecule has 1 spiro atoms. The number of carbonyl (C=O) groups excluding carboxylic acids is 1. The fourth-order valence-electron chi connectivity index (χ4n) is 4.01. The van der Waals surface area contributed by atoms with Crippen LogP contribution in [-0.2, 0) is 4.74 Å². The summed E-state index contributed by atoms with van der Waals surface area (Å²) in [4.78, 5) is 13.5. The van der Waals surface area contributed by atoms with Gasteiger partial charge in [-0.3, -0.25) is 0 Å². The largest absolute Gasteiger partial charge is 0.444 e. The van der Waals surface area contributed by atoms with Crippen LogP contribution in [0.4, 0.5) is 13.6 Å². The molecule has 0 radical (unpaired) electrons. The molecular formula is C14H22F2N2O2. The highest BCUT2D eigenvalue weighted by Gasteiger charge is 2.68. The summed E-state index contributed by atoms with van der Waals surface area (Å²) in [5.41, 5.74) is -0.953. The molecule has 0 aromatic rings. The number of nitrogens with one attached hydrogen (secondary N) is 1. The maximum absolute atomic E-state index is 14.0. The lowest BCUT2D eigenvalue weighted by Crippen LogP contribution is -2.61. The van der Waals surface area contributed by atoms with E-state index in [0.29, 0.717) is 26.2 Å². The van der Waals surface area contributed by atoms with Crippen molar-refractivity contribution < 1.29 is 18.3 Å². The average molecular weight is 288 g/mol. The van der Waals surface area contributed by atoms with Gasteiger partial charge in [-0.25, -0.2) is 13.6 Å². The number of likely N-dealkylation sites (tertiary alicyclic amines) is 1. The Morgan fingerprint density at radius 2 is 1.85 bits per heavy atom. The number of alkyl halides is 2. The summed E-state index contributed by atoms with van der Waals surface area (Å²) in [5, 5.41) is 3.07. The molecule has 2 atom stereocenters. The molecule has 2 heterocycles. The molecule has 6 heteroatoms. The van der Waals surface area contributed by atoms with Gasteiger partial charge in [-0.1, -0.05) is 0 Å². The van der Waals surface area contributed by atoms with E-state index >= 15 is 0 Å². The molecule has 4 nitrogen and oxygen atoms in total. The lowest BCUT2D eigenvalue weighted by molar-refractivity contribution is -0.0701. The molecule has 3 aliphatic rings. The van der Waals surface area contributed by atoms with Crippen molar-refractivity contribution in [2.45, 2.75) is 38.7 Å². The van der Waals surface area contributed by atoms with Crippen LogP contribution in [0.2, 0.25) is 0 Å². The van der Waals surface area contributed by atoms with E-state index in [1.54, 1.807) is 25.7 Å². The summed E-state index contributed by atoms with van der Waals surface area (Å²) in [7, 11) is 0. The minimum Gasteiger partial charge on any atom is -0.444 e. The molecule has 1 aliphatic carbocycles. The Kier molecular flexibility index (Phi) is 2.85. The normalized spacial score (nSPS) is 34.0. The first-order valence-electron chi connectivity index (χ1n) is 7.19. The van der Waals surface area contributed by atoms with Crippen molar-refractivity contribution in [2.75, 3.05) is 26.2 Å². The first-order chi connectivity index (χ1) is 9.13. The Bertz CT molecular complexity index is 427. The molecule has 3 rings (SSSR count). The van der Waals surface area contributed by atoms with Crippen LogP contribution in [0, 0.1) is 17.3 Å². The second-order valence-corrected chi connectivity index (χ2v) is 7.51. The zero-order valence-electron chi connectivity index (χ0n) is 12.2. The monoisotopic (exact) mass is 288 g/mol. The maximum atomic E-state index is 14.0. The molecule has 0 bridgehead atoms. The van der Waals surface area contributed by atoms with E-state index in [1.807, 2.05) is 0 Å². The second-order valence-electron chi connectivity index (χ2n) is 7.51. The van der Waals surface area contributed by atoms with Gasteiger partial charge >= 0.3 is 6.09 Å². The molecule has 20 heavy (non-hydrogen) atoms. The quantitative estimate of drug-likeness (QED) is 0.742. The van der Waals surface area contributed by atoms with Crippen LogP contribution in [-0.4, -0.2) is 48.7 Å². The number of amides is 1. The summed E-state index contributed by atoms with van der Waals surface area (Å²) in [5.74, 6) is -3.19. The van der Waals surface area contributed by atoms with E-state index in [0.717, 1.165) is 0 Å². The number of fused-ring (bicyclic) bond motifs is 2. The number of ether oxygens (including phenoxy) is 1. The highest BCUT2D eigenvalue weighted by Crippen LogP contribution is 2.60. The molecule has 3 fully saturated rings. The van der Waals surface area contributed by atoms with Crippen molar-refractivity contribution in [3.8, 4) is 0 Å². The molecule has 1 amide bonds. The third-order valence-corrected chi connectivity index (χ3v) is 4.79. The van der Waals surface area contributed by atoms with Gasteiger partial charge in [-0.2, -0.15) is 0 Å². The first-order valence-corrected chi connectivity index (χ1v) is 7.19. The summed E-state index contributed by atoms with van der Waals surface area (Å²) < 4.78 is 33.4. The predicted octanol–water partition coefficient (Wildman–Crippen LogP) is 2.10. The van der Waals surface area contributed by atoms with Gasteiger partial charge in [0.2, 0.25) is 0 Å². The topological polar surface area (TPSA) is 41.6 Å². The molecule has 114 valence electrons. The lowest BCUT2D eigenvalue weighted by atomic mass is 9.70. The molecular weight excluding hydrogens is 266 g/mol. The van der Waals surface area contributed by atoms with Crippen LogP contribution in [0.25, 0.3) is 0 Å². The van der Waals surface area contributed by atoms with Crippen molar-refractivity contribution >= 4 is 6.09 Å². The van der Waals surface area contributed by atoms with E-state index in [9.17, 15) is 13.6 Å². The minimum atomic E-state index is -2.60. The zero-order chi connectivity index (χ0) is 14.8. The number of nitrogens with zero attached hydrogens (tertiary/aromatic N) is 1. The van der Waals surface area contributed by atoms with Crippen molar-refractivity contribution in [3.63, 3.8) is 0 Å². The van der Waals surface area contributed by atoms with Crippen LogP contribution >= 0.6 is 0 Å².